The molecular weight excluding hydrogens is 638 g/mol. The monoisotopic (exact) mass is 668 g/mol. The molecule has 0 unspecified atom stereocenters. The van der Waals surface area contributed by atoms with Gasteiger partial charge in [0.1, 0.15) is 5.65 Å². The number of nitrogens with zero attached hydrogens (tertiary/aromatic N) is 2. The van der Waals surface area contributed by atoms with E-state index in [-0.39, 0.29) is 0 Å². The second-order valence-corrected chi connectivity index (χ2v) is 17.8. The van der Waals surface area contributed by atoms with E-state index in [4.69, 9.17) is 4.98 Å². The quantitative estimate of drug-likeness (QED) is 0.133. The molecule has 0 spiro atoms. The lowest BCUT2D eigenvalue weighted by molar-refractivity contribution is 0.591. The highest BCUT2D eigenvalue weighted by Gasteiger charge is 2.32. The predicted molar refractivity (Wildman–Crippen MR) is 206 cm³/mol. The molecule has 0 saturated carbocycles. The maximum absolute atomic E-state index is 15.3. The molecule has 6 heteroatoms. The van der Waals surface area contributed by atoms with E-state index in [1.807, 2.05) is 152 Å². The molecule has 0 aliphatic carbocycles. The van der Waals surface area contributed by atoms with Gasteiger partial charge in [-0.15, -0.1) is 0 Å². The topological polar surface area (TPSA) is 51.4 Å². The normalized spacial score (nSPS) is 12.2. The first-order chi connectivity index (χ1) is 24.1. The molecule has 7 aromatic carbocycles. The highest BCUT2D eigenvalue weighted by molar-refractivity contribution is 7.85. The molecule has 2 heterocycles. The molecule has 0 bridgehead atoms. The van der Waals surface area contributed by atoms with Gasteiger partial charge in [-0.3, -0.25) is 4.40 Å². The smallest absolute Gasteiger partial charge is 0.171 e. The minimum Gasteiger partial charge on any atom is -0.309 e. The van der Waals surface area contributed by atoms with Crippen molar-refractivity contribution in [2.24, 2.45) is 0 Å². The van der Waals surface area contributed by atoms with E-state index in [0.29, 0.717) is 0 Å². The number of hydrogen-bond donors (Lipinski definition) is 0. The Balaban J connectivity index is 1.32. The van der Waals surface area contributed by atoms with Crippen LogP contribution in [0.25, 0.3) is 38.4 Å². The van der Waals surface area contributed by atoms with E-state index >= 15 is 9.13 Å². The van der Waals surface area contributed by atoms with Gasteiger partial charge < -0.3 is 9.13 Å². The molecule has 234 valence electrons. The van der Waals surface area contributed by atoms with E-state index in [2.05, 4.69) is 34.7 Å². The van der Waals surface area contributed by atoms with Crippen LogP contribution >= 0.6 is 14.3 Å². The van der Waals surface area contributed by atoms with Gasteiger partial charge in [0.15, 0.2) is 14.3 Å². The van der Waals surface area contributed by atoms with Crippen LogP contribution in [0, 0.1) is 0 Å². The number of imidazole rings is 1. The molecule has 0 aliphatic rings. The fraction of sp³-hybridized carbons (Fsp3) is 0. The van der Waals surface area contributed by atoms with E-state index < -0.39 is 14.3 Å². The van der Waals surface area contributed by atoms with Crippen molar-refractivity contribution in [1.29, 1.82) is 0 Å². The second kappa shape index (κ2) is 11.6. The first kappa shape index (κ1) is 29.6. The summed E-state index contributed by atoms with van der Waals surface area (Å²) in [5.41, 5.74) is 3.49. The van der Waals surface area contributed by atoms with Gasteiger partial charge in [0.25, 0.3) is 0 Å². The maximum Gasteiger partial charge on any atom is 0.171 e. The lowest BCUT2D eigenvalue weighted by Gasteiger charge is -2.21. The largest absolute Gasteiger partial charge is 0.309 e. The zero-order valence-electron chi connectivity index (χ0n) is 26.4. The van der Waals surface area contributed by atoms with Crippen molar-refractivity contribution in [2.75, 3.05) is 0 Å². The summed E-state index contributed by atoms with van der Waals surface area (Å²) in [6.07, 6.45) is 0. The molecule has 49 heavy (non-hydrogen) atoms. The number of hydrogen-bond acceptors (Lipinski definition) is 3. The fourth-order valence-electron chi connectivity index (χ4n) is 7.17. The molecular formula is C43H30N2O2P2. The van der Waals surface area contributed by atoms with E-state index in [1.165, 1.54) is 0 Å². The first-order valence-electron chi connectivity index (χ1n) is 16.3. The molecule has 9 aromatic rings. The van der Waals surface area contributed by atoms with Crippen LogP contribution in [0.4, 0.5) is 0 Å². The van der Waals surface area contributed by atoms with Crippen LogP contribution in [0.3, 0.4) is 0 Å². The van der Waals surface area contributed by atoms with Crippen molar-refractivity contribution >= 4 is 84.5 Å². The molecule has 0 aliphatic heterocycles. The van der Waals surface area contributed by atoms with Crippen molar-refractivity contribution in [1.82, 2.24) is 9.38 Å². The minimum absolute atomic E-state index is 0.755. The van der Waals surface area contributed by atoms with Crippen LogP contribution in [-0.4, -0.2) is 9.38 Å². The molecule has 4 nitrogen and oxygen atoms in total. The summed E-state index contributed by atoms with van der Waals surface area (Å²) < 4.78 is 32.8. The average Bonchev–Trinajstić information content (AvgIpc) is 3.58. The van der Waals surface area contributed by atoms with Gasteiger partial charge in [0.2, 0.25) is 0 Å². The summed E-state index contributed by atoms with van der Waals surface area (Å²) in [5.74, 6) is 0. The summed E-state index contributed by atoms with van der Waals surface area (Å²) >= 11 is 0. The third-order valence-corrected chi connectivity index (χ3v) is 15.6. The van der Waals surface area contributed by atoms with Crippen molar-refractivity contribution in [3.63, 3.8) is 0 Å². The van der Waals surface area contributed by atoms with Crippen LogP contribution in [0.1, 0.15) is 0 Å². The van der Waals surface area contributed by atoms with Crippen LogP contribution in [0.15, 0.2) is 182 Å². The number of fused-ring (bicyclic) bond motifs is 8. The summed E-state index contributed by atoms with van der Waals surface area (Å²) in [7, 11) is -6.39. The maximum atomic E-state index is 15.3. The molecule has 2 aromatic heterocycles. The van der Waals surface area contributed by atoms with Gasteiger partial charge >= 0.3 is 0 Å². The third kappa shape index (κ3) is 4.56. The Hall–Kier alpha value is -5.53. The standard InChI is InChI=1S/C43H30N2O2P2/c46-48(31-15-5-1-6-16-31,32-17-7-2-8-18-32)35-25-27-38-39(29-35)37-23-13-14-24-41(37)45-42-30-36(26-28-40(42)44-43(38)45)49(47,33-19-9-3-10-20-33)34-21-11-4-12-22-34/h1-30H. The predicted octanol–water partition coefficient (Wildman–Crippen LogP) is 8.07. The number of pyridine rings is 1. The Labute approximate surface area is 284 Å². The van der Waals surface area contributed by atoms with Crippen molar-refractivity contribution in [3.8, 4) is 0 Å². The molecule has 0 N–H and O–H groups in total. The van der Waals surface area contributed by atoms with Gasteiger partial charge in [-0.05, 0) is 41.8 Å². The Morgan fingerprint density at radius 1 is 0.367 bits per heavy atom. The highest BCUT2D eigenvalue weighted by atomic mass is 31.2. The summed E-state index contributed by atoms with van der Waals surface area (Å²) in [6.45, 7) is 0. The van der Waals surface area contributed by atoms with Gasteiger partial charge in [-0.25, -0.2) is 4.98 Å². The third-order valence-electron chi connectivity index (χ3n) is 9.52. The van der Waals surface area contributed by atoms with Crippen molar-refractivity contribution in [3.05, 3.63) is 182 Å². The van der Waals surface area contributed by atoms with Crippen LogP contribution in [0.2, 0.25) is 0 Å². The van der Waals surface area contributed by atoms with Gasteiger partial charge in [0, 0.05) is 42.6 Å². The summed E-state index contributed by atoms with van der Waals surface area (Å²) in [5, 5.41) is 7.68. The zero-order valence-corrected chi connectivity index (χ0v) is 28.2. The summed E-state index contributed by atoms with van der Waals surface area (Å²) in [4.78, 5) is 5.17. The molecule has 0 fully saturated rings. The zero-order chi connectivity index (χ0) is 33.0. The van der Waals surface area contributed by atoms with E-state index in [1.54, 1.807) is 0 Å². The van der Waals surface area contributed by atoms with Crippen LogP contribution in [0.5, 0.6) is 0 Å². The first-order valence-corrected chi connectivity index (χ1v) is 19.7. The van der Waals surface area contributed by atoms with Gasteiger partial charge in [-0.2, -0.15) is 0 Å². The van der Waals surface area contributed by atoms with E-state index in [9.17, 15) is 0 Å². The number of benzene rings is 7. The number of para-hydroxylation sites is 1. The lowest BCUT2D eigenvalue weighted by atomic mass is 10.1. The Morgan fingerprint density at radius 3 is 1.35 bits per heavy atom. The number of rotatable bonds is 6. The SMILES string of the molecule is O=P(c1ccccc1)(c1ccccc1)c1ccc2c(c1)c1ccccc1n1c3cc(P(=O)(c4ccccc4)c4ccccc4)ccc3nc21. The molecule has 0 saturated heterocycles. The van der Waals surface area contributed by atoms with E-state index in [0.717, 1.165) is 70.2 Å². The van der Waals surface area contributed by atoms with Gasteiger partial charge in [-0.1, -0.05) is 146 Å². The Kier molecular flexibility index (Phi) is 6.99. The average molecular weight is 669 g/mol. The molecule has 0 atom stereocenters. The fourth-order valence-corrected chi connectivity index (χ4v) is 12.5. The van der Waals surface area contributed by atoms with Crippen molar-refractivity contribution in [2.45, 2.75) is 0 Å². The molecule has 0 radical (unpaired) electrons. The molecule has 0 amide bonds. The Morgan fingerprint density at radius 2 is 0.816 bits per heavy atom. The van der Waals surface area contributed by atoms with Gasteiger partial charge in [0.05, 0.1) is 16.6 Å². The van der Waals surface area contributed by atoms with Crippen molar-refractivity contribution < 1.29 is 9.13 Å². The Bertz CT molecular complexity index is 2680. The lowest BCUT2D eigenvalue weighted by Crippen LogP contribution is -2.25. The highest BCUT2D eigenvalue weighted by Crippen LogP contribution is 2.45. The number of aromatic nitrogens is 2. The van der Waals surface area contributed by atoms with Crippen LogP contribution in [-0.2, 0) is 9.13 Å². The second-order valence-electron chi connectivity index (χ2n) is 12.3. The molecule has 9 rings (SSSR count). The van der Waals surface area contributed by atoms with Crippen LogP contribution < -0.4 is 31.8 Å². The minimum atomic E-state index is -3.20. The summed E-state index contributed by atoms with van der Waals surface area (Å²) in [6, 6.07) is 59.5.